The normalized spacial score (nSPS) is 12.9. The molecule has 1 atom stereocenters. The van der Waals surface area contributed by atoms with Gasteiger partial charge in [0.05, 0.1) is 0 Å². The van der Waals surface area contributed by atoms with Crippen LogP contribution in [0.25, 0.3) is 11.4 Å². The molecular weight excluding hydrogens is 232 g/mol. The predicted molar refractivity (Wildman–Crippen MR) is 70.2 cm³/mol. The van der Waals surface area contributed by atoms with Gasteiger partial charge in [-0.2, -0.15) is 5.10 Å². The molecule has 1 unspecified atom stereocenters. The van der Waals surface area contributed by atoms with Crippen molar-refractivity contribution < 1.29 is 0 Å². The maximum absolute atomic E-state index is 5.29. The number of H-pyrrole nitrogens is 1. The molecule has 4 nitrogen and oxygen atoms in total. The molecule has 2 heterocycles. The maximum Gasteiger partial charge on any atom is 0.195 e. The van der Waals surface area contributed by atoms with Crippen LogP contribution >= 0.6 is 12.2 Å². The average Bonchev–Trinajstić information content (AvgIpc) is 2.71. The summed E-state index contributed by atoms with van der Waals surface area (Å²) in [5.41, 5.74) is 0.979. The summed E-state index contributed by atoms with van der Waals surface area (Å²) in [6.45, 7) is 6.49. The Morgan fingerprint density at radius 1 is 1.35 bits per heavy atom. The van der Waals surface area contributed by atoms with E-state index in [2.05, 4.69) is 40.5 Å². The van der Waals surface area contributed by atoms with Gasteiger partial charge in [-0.05, 0) is 37.2 Å². The smallest absolute Gasteiger partial charge is 0.195 e. The van der Waals surface area contributed by atoms with E-state index >= 15 is 0 Å². The van der Waals surface area contributed by atoms with Crippen LogP contribution in [-0.2, 0) is 0 Å². The second kappa shape index (κ2) is 4.79. The Kier molecular flexibility index (Phi) is 3.38. The van der Waals surface area contributed by atoms with Crippen LogP contribution < -0.4 is 0 Å². The van der Waals surface area contributed by atoms with Crippen molar-refractivity contribution in [3.05, 3.63) is 29.3 Å². The summed E-state index contributed by atoms with van der Waals surface area (Å²) in [5, 5.41) is 7.15. The first-order valence-electron chi connectivity index (χ1n) is 5.68. The molecule has 0 spiro atoms. The van der Waals surface area contributed by atoms with Gasteiger partial charge in [0.1, 0.15) is 0 Å². The zero-order valence-electron chi connectivity index (χ0n) is 10.2. The highest BCUT2D eigenvalue weighted by molar-refractivity contribution is 7.71. The third-order valence-electron chi connectivity index (χ3n) is 3.00. The Morgan fingerprint density at radius 3 is 2.71 bits per heavy atom. The van der Waals surface area contributed by atoms with E-state index < -0.39 is 0 Å². The fourth-order valence-electron chi connectivity index (χ4n) is 1.68. The molecule has 0 fully saturated rings. The molecule has 17 heavy (non-hydrogen) atoms. The molecule has 2 rings (SSSR count). The fraction of sp³-hybridized carbons (Fsp3) is 0.417. The lowest BCUT2D eigenvalue weighted by Gasteiger charge is -2.18. The quantitative estimate of drug-likeness (QED) is 0.848. The van der Waals surface area contributed by atoms with Crippen LogP contribution in [0.5, 0.6) is 0 Å². The molecule has 90 valence electrons. The lowest BCUT2D eigenvalue weighted by molar-refractivity contribution is 0.407. The zero-order chi connectivity index (χ0) is 12.4. The Bertz CT molecular complexity index is 541. The highest BCUT2D eigenvalue weighted by atomic mass is 32.1. The van der Waals surface area contributed by atoms with Crippen molar-refractivity contribution in [1.82, 2.24) is 19.7 Å². The van der Waals surface area contributed by atoms with Crippen LogP contribution in [0.3, 0.4) is 0 Å². The maximum atomic E-state index is 5.29. The van der Waals surface area contributed by atoms with Gasteiger partial charge in [-0.15, -0.1) is 0 Å². The van der Waals surface area contributed by atoms with Crippen LogP contribution in [0.1, 0.15) is 26.8 Å². The third kappa shape index (κ3) is 2.29. The van der Waals surface area contributed by atoms with Crippen LogP contribution in [0.2, 0.25) is 0 Å². The van der Waals surface area contributed by atoms with E-state index in [1.165, 1.54) is 0 Å². The van der Waals surface area contributed by atoms with Crippen molar-refractivity contribution in [2.75, 3.05) is 0 Å². The zero-order valence-corrected chi connectivity index (χ0v) is 11.0. The number of nitrogens with zero attached hydrogens (tertiary/aromatic N) is 3. The van der Waals surface area contributed by atoms with Crippen LogP contribution in [0, 0.1) is 10.7 Å². The third-order valence-corrected chi connectivity index (χ3v) is 3.28. The van der Waals surface area contributed by atoms with E-state index in [-0.39, 0.29) is 0 Å². The molecule has 2 aromatic heterocycles. The van der Waals surface area contributed by atoms with Crippen LogP contribution in [-0.4, -0.2) is 19.7 Å². The number of rotatable bonds is 3. The second-order valence-corrected chi connectivity index (χ2v) is 4.84. The van der Waals surface area contributed by atoms with E-state index in [1.807, 2.05) is 12.1 Å². The van der Waals surface area contributed by atoms with Crippen molar-refractivity contribution in [1.29, 1.82) is 0 Å². The van der Waals surface area contributed by atoms with Crippen molar-refractivity contribution in [2.24, 2.45) is 5.92 Å². The SMILES string of the molecule is CC(C)C(C)n1c(-c2cccnc2)n[nH]c1=S. The van der Waals surface area contributed by atoms with Gasteiger partial charge in [0.2, 0.25) is 0 Å². The first-order chi connectivity index (χ1) is 8.11. The summed E-state index contributed by atoms with van der Waals surface area (Å²) in [6.07, 6.45) is 3.55. The van der Waals surface area contributed by atoms with Gasteiger partial charge >= 0.3 is 0 Å². The molecule has 0 amide bonds. The Labute approximate surface area is 106 Å². The van der Waals surface area contributed by atoms with E-state index in [4.69, 9.17) is 12.2 Å². The standard InChI is InChI=1S/C12H16N4S/c1-8(2)9(3)16-11(14-15-12(16)17)10-5-4-6-13-7-10/h4-9H,1-3H3,(H,15,17). The monoisotopic (exact) mass is 248 g/mol. The molecule has 0 bridgehead atoms. The van der Waals surface area contributed by atoms with Crippen molar-refractivity contribution in [3.63, 3.8) is 0 Å². The second-order valence-electron chi connectivity index (χ2n) is 4.45. The van der Waals surface area contributed by atoms with Crippen molar-refractivity contribution >= 4 is 12.2 Å². The Morgan fingerprint density at radius 2 is 2.12 bits per heavy atom. The highest BCUT2D eigenvalue weighted by Crippen LogP contribution is 2.24. The summed E-state index contributed by atoms with van der Waals surface area (Å²) in [7, 11) is 0. The first kappa shape index (κ1) is 12.0. The van der Waals surface area contributed by atoms with Crippen molar-refractivity contribution in [2.45, 2.75) is 26.8 Å². The molecule has 5 heteroatoms. The van der Waals surface area contributed by atoms with Gasteiger partial charge in [0.15, 0.2) is 10.6 Å². The molecule has 0 aliphatic carbocycles. The molecule has 2 aromatic rings. The molecule has 0 aliphatic heterocycles. The van der Waals surface area contributed by atoms with Gasteiger partial charge in [0, 0.05) is 24.0 Å². The number of hydrogen-bond donors (Lipinski definition) is 1. The summed E-state index contributed by atoms with van der Waals surface area (Å²) in [5.74, 6) is 1.35. The minimum absolute atomic E-state index is 0.302. The highest BCUT2D eigenvalue weighted by Gasteiger charge is 2.16. The summed E-state index contributed by atoms with van der Waals surface area (Å²) in [4.78, 5) is 4.11. The Hall–Kier alpha value is -1.49. The number of nitrogens with one attached hydrogen (secondary N) is 1. The van der Waals surface area contributed by atoms with Crippen LogP contribution in [0.4, 0.5) is 0 Å². The Balaban J connectivity index is 2.54. The molecule has 0 saturated heterocycles. The molecule has 0 aliphatic rings. The van der Waals surface area contributed by atoms with Gasteiger partial charge < -0.3 is 0 Å². The van der Waals surface area contributed by atoms with E-state index in [1.54, 1.807) is 12.4 Å². The number of aromatic nitrogens is 4. The van der Waals surface area contributed by atoms with Crippen LogP contribution in [0.15, 0.2) is 24.5 Å². The van der Waals surface area contributed by atoms with E-state index in [0.29, 0.717) is 16.7 Å². The van der Waals surface area contributed by atoms with Gasteiger partial charge in [-0.3, -0.25) is 14.6 Å². The number of pyridine rings is 1. The first-order valence-corrected chi connectivity index (χ1v) is 6.09. The van der Waals surface area contributed by atoms with Gasteiger partial charge in [0.25, 0.3) is 0 Å². The molecular formula is C12H16N4S. The minimum atomic E-state index is 0.302. The summed E-state index contributed by atoms with van der Waals surface area (Å²) < 4.78 is 2.71. The lowest BCUT2D eigenvalue weighted by Crippen LogP contribution is -2.13. The molecule has 0 saturated carbocycles. The summed E-state index contributed by atoms with van der Waals surface area (Å²) >= 11 is 5.29. The topological polar surface area (TPSA) is 46.5 Å². The van der Waals surface area contributed by atoms with Gasteiger partial charge in [-0.25, -0.2) is 0 Å². The minimum Gasteiger partial charge on any atom is -0.297 e. The largest absolute Gasteiger partial charge is 0.297 e. The summed E-state index contributed by atoms with van der Waals surface area (Å²) in [6, 6.07) is 4.19. The lowest BCUT2D eigenvalue weighted by atomic mass is 10.1. The fourth-order valence-corrected chi connectivity index (χ4v) is 1.98. The molecule has 1 N–H and O–H groups in total. The van der Waals surface area contributed by atoms with Crippen molar-refractivity contribution in [3.8, 4) is 11.4 Å². The number of aromatic amines is 1. The average molecular weight is 248 g/mol. The van der Waals surface area contributed by atoms with E-state index in [0.717, 1.165) is 11.4 Å². The predicted octanol–water partition coefficient (Wildman–Crippen LogP) is 3.22. The van der Waals surface area contributed by atoms with Gasteiger partial charge in [-0.1, -0.05) is 13.8 Å². The molecule has 0 aromatic carbocycles. The molecule has 0 radical (unpaired) electrons. The number of hydrogen-bond acceptors (Lipinski definition) is 3. The van der Waals surface area contributed by atoms with E-state index in [9.17, 15) is 0 Å².